The van der Waals surface area contributed by atoms with Gasteiger partial charge in [0.05, 0.1) is 12.2 Å². The molecule has 1 saturated carbocycles. The lowest BCUT2D eigenvalue weighted by atomic mass is 9.86. The molecule has 2 bridgehead atoms. The normalized spacial score (nSPS) is 19.7. The lowest BCUT2D eigenvalue weighted by Crippen LogP contribution is -2.52. The van der Waals surface area contributed by atoms with Crippen LogP contribution in [0.3, 0.4) is 0 Å². The van der Waals surface area contributed by atoms with Crippen LogP contribution in [-0.2, 0) is 20.7 Å². The summed E-state index contributed by atoms with van der Waals surface area (Å²) in [6, 6.07) is 16.1. The van der Waals surface area contributed by atoms with Crippen molar-refractivity contribution in [3.05, 3.63) is 122 Å². The van der Waals surface area contributed by atoms with Gasteiger partial charge < -0.3 is 35.2 Å². The molecule has 4 heterocycles. The number of halogens is 4. The molecule has 57 heavy (non-hydrogen) atoms. The average molecular weight is 826 g/mol. The largest absolute Gasteiger partial charge is 0.619 e. The molecule has 1 unspecified atom stereocenters. The Hall–Kier alpha value is -5.18. The summed E-state index contributed by atoms with van der Waals surface area (Å²) < 4.78 is 49.9. The average Bonchev–Trinajstić information content (AvgIpc) is 4.02. The van der Waals surface area contributed by atoms with Gasteiger partial charge in [-0.15, -0.1) is 0 Å². The summed E-state index contributed by atoms with van der Waals surface area (Å²) in [5.74, 6) is -1.98. The molecule has 3 atom stereocenters. The van der Waals surface area contributed by atoms with Crippen molar-refractivity contribution < 1.29 is 46.8 Å². The minimum atomic E-state index is -3.13. The van der Waals surface area contributed by atoms with Gasteiger partial charge in [-0.25, -0.2) is 9.59 Å². The van der Waals surface area contributed by atoms with Gasteiger partial charge in [0, 0.05) is 29.8 Å². The van der Waals surface area contributed by atoms with Gasteiger partial charge in [0.2, 0.25) is 5.91 Å². The first kappa shape index (κ1) is 40.0. The zero-order valence-electron chi connectivity index (χ0n) is 30.6. The molecule has 12 nitrogen and oxygen atoms in total. The third-order valence-electron chi connectivity index (χ3n) is 10.4. The molecule has 4 aromatic rings. The number of carbonyl (C=O) groups excluding carboxylic acids is 3. The maximum Gasteiger partial charge on any atom is 0.387 e. The highest BCUT2D eigenvalue weighted by atomic mass is 35.5. The van der Waals surface area contributed by atoms with Gasteiger partial charge in [0.15, 0.2) is 29.9 Å². The van der Waals surface area contributed by atoms with Gasteiger partial charge in [-0.3, -0.25) is 9.69 Å². The van der Waals surface area contributed by atoms with Crippen LogP contribution >= 0.6 is 23.2 Å². The van der Waals surface area contributed by atoms with E-state index in [1.54, 1.807) is 24.3 Å². The van der Waals surface area contributed by atoms with Crippen molar-refractivity contribution in [2.24, 2.45) is 17.6 Å². The Kier molecular flexibility index (Phi) is 12.3. The molecule has 1 aromatic heterocycles. The van der Waals surface area contributed by atoms with Gasteiger partial charge in [-0.2, -0.15) is 13.5 Å². The zero-order chi connectivity index (χ0) is 40.2. The van der Waals surface area contributed by atoms with E-state index in [0.717, 1.165) is 51.2 Å². The number of benzene rings is 3. The van der Waals surface area contributed by atoms with Crippen LogP contribution in [0.4, 0.5) is 14.5 Å². The fourth-order valence-electron chi connectivity index (χ4n) is 7.18. The van der Waals surface area contributed by atoms with Crippen LogP contribution in [0.1, 0.15) is 75.2 Å². The SMILES string of the molecule is NC(=O)c1cc(NC(C(=O)O[C@H]2CN3CCC2CC3)c2ccccc2)cc(C(=O)O[C@@H](Cc2c(Cl)c[n+]([O-])cc2Cl)c2ccc(OC(F)F)c(OCC3CC3)c2)c1. The van der Waals surface area contributed by atoms with E-state index >= 15 is 0 Å². The molecule has 3 saturated heterocycles. The predicted molar refractivity (Wildman–Crippen MR) is 205 cm³/mol. The van der Waals surface area contributed by atoms with Crippen molar-refractivity contribution in [2.75, 3.05) is 31.6 Å². The number of ether oxygens (including phenoxy) is 4. The number of hydrogen-bond donors (Lipinski definition) is 2. The van der Waals surface area contributed by atoms with Crippen molar-refractivity contribution in [1.29, 1.82) is 0 Å². The van der Waals surface area contributed by atoms with Crippen LogP contribution in [0.5, 0.6) is 11.5 Å². The number of piperidine rings is 3. The topological polar surface area (TPSA) is 156 Å². The molecule has 1 amide bonds. The monoisotopic (exact) mass is 824 g/mol. The highest BCUT2D eigenvalue weighted by Gasteiger charge is 2.38. The Morgan fingerprint density at radius 3 is 2.25 bits per heavy atom. The van der Waals surface area contributed by atoms with E-state index in [1.165, 1.54) is 36.4 Å². The number of nitrogens with zero attached hydrogens (tertiary/aromatic N) is 2. The Bertz CT molecular complexity index is 2090. The van der Waals surface area contributed by atoms with Crippen molar-refractivity contribution in [2.45, 2.75) is 57.0 Å². The Morgan fingerprint density at radius 1 is 0.912 bits per heavy atom. The fraction of sp³-hybridized carbons (Fsp3) is 0.366. The van der Waals surface area contributed by atoms with Crippen LogP contribution in [0.25, 0.3) is 0 Å². The number of alkyl halides is 2. The van der Waals surface area contributed by atoms with Crippen molar-refractivity contribution >= 4 is 46.7 Å². The van der Waals surface area contributed by atoms with Gasteiger partial charge >= 0.3 is 18.6 Å². The molecular formula is C41H40Cl2F2N4O8. The molecule has 3 aliphatic heterocycles. The standard InChI is InChI=1S/C41H40Cl2F2N4O8/c42-31-19-49(53)20-32(43)30(31)18-34(26-8-9-33(57-41(44)45)35(17-26)54-22-23-6-7-23)55-39(51)28-14-27(38(46)50)15-29(16-28)47-37(25-4-2-1-3-5-25)40(52)56-36-21-48-12-10-24(36)11-13-48/h1-5,8-9,14-17,19-20,23-24,34,36-37,41,47H,6-7,10-13,18,21-22H2,(H2,46,50)/t34-,36-,37?/m0/s1. The summed E-state index contributed by atoms with van der Waals surface area (Å²) in [4.78, 5) is 42.9. The highest BCUT2D eigenvalue weighted by molar-refractivity contribution is 6.35. The third kappa shape index (κ3) is 10.0. The molecule has 300 valence electrons. The van der Waals surface area contributed by atoms with Gasteiger partial charge in [0.25, 0.3) is 0 Å². The number of aromatic nitrogens is 1. The highest BCUT2D eigenvalue weighted by Crippen LogP contribution is 2.39. The minimum Gasteiger partial charge on any atom is -0.619 e. The number of esters is 2. The quantitative estimate of drug-likeness (QED) is 0.0682. The third-order valence-corrected chi connectivity index (χ3v) is 11.1. The van der Waals surface area contributed by atoms with Crippen LogP contribution in [-0.4, -0.2) is 61.7 Å². The zero-order valence-corrected chi connectivity index (χ0v) is 32.1. The fourth-order valence-corrected chi connectivity index (χ4v) is 7.78. The minimum absolute atomic E-state index is 0.00250. The summed E-state index contributed by atoms with van der Waals surface area (Å²) in [6.45, 7) is -0.271. The molecule has 4 aliphatic rings. The summed E-state index contributed by atoms with van der Waals surface area (Å²) >= 11 is 12.9. The first-order valence-corrected chi connectivity index (χ1v) is 19.3. The van der Waals surface area contributed by atoms with E-state index < -0.39 is 36.6 Å². The Balaban J connectivity index is 1.20. The first-order valence-electron chi connectivity index (χ1n) is 18.6. The second-order valence-corrected chi connectivity index (χ2v) is 15.3. The second kappa shape index (κ2) is 17.5. The van der Waals surface area contributed by atoms with E-state index in [1.807, 2.05) is 6.07 Å². The molecule has 16 heteroatoms. The molecular weight excluding hydrogens is 785 g/mol. The lowest BCUT2D eigenvalue weighted by molar-refractivity contribution is -0.605. The van der Waals surface area contributed by atoms with Crippen molar-refractivity contribution in [1.82, 2.24) is 4.90 Å². The number of primary amides is 1. The second-order valence-electron chi connectivity index (χ2n) is 14.5. The number of hydrogen-bond acceptors (Lipinski definition) is 10. The number of amides is 1. The molecule has 4 fully saturated rings. The van der Waals surface area contributed by atoms with Crippen LogP contribution in [0.15, 0.2) is 79.1 Å². The van der Waals surface area contributed by atoms with Crippen LogP contribution in [0.2, 0.25) is 10.0 Å². The molecule has 3 aromatic carbocycles. The van der Waals surface area contributed by atoms with Crippen molar-refractivity contribution in [3.8, 4) is 11.5 Å². The van der Waals surface area contributed by atoms with E-state index in [9.17, 15) is 28.4 Å². The molecule has 8 rings (SSSR count). The number of carbonyl (C=O) groups is 3. The molecule has 1 aliphatic carbocycles. The number of nitrogens with two attached hydrogens (primary N) is 1. The van der Waals surface area contributed by atoms with E-state index in [0.29, 0.717) is 22.4 Å². The molecule has 0 radical (unpaired) electrons. The smallest absolute Gasteiger partial charge is 0.387 e. The maximum atomic E-state index is 14.1. The van der Waals surface area contributed by atoms with Crippen molar-refractivity contribution in [3.63, 3.8) is 0 Å². The number of rotatable bonds is 16. The lowest BCUT2D eigenvalue weighted by Gasteiger charge is -2.44. The van der Waals surface area contributed by atoms with E-state index in [4.69, 9.17) is 47.9 Å². The predicted octanol–water partition coefficient (Wildman–Crippen LogP) is 7.05. The van der Waals surface area contributed by atoms with Gasteiger partial charge in [-0.05, 0) is 92.1 Å². The van der Waals surface area contributed by atoms with Crippen LogP contribution in [0, 0.1) is 17.0 Å². The summed E-state index contributed by atoms with van der Waals surface area (Å²) in [6.07, 6.45) is 4.30. The summed E-state index contributed by atoms with van der Waals surface area (Å²) in [5.41, 5.74) is 6.90. The van der Waals surface area contributed by atoms with E-state index in [-0.39, 0.29) is 74.9 Å². The van der Waals surface area contributed by atoms with Crippen LogP contribution < -0.4 is 25.3 Å². The first-order chi connectivity index (χ1) is 27.4. The number of nitrogens with one attached hydrogen (secondary N) is 1. The maximum absolute atomic E-state index is 14.1. The Labute approximate surface area is 337 Å². The Morgan fingerprint density at radius 2 is 1.61 bits per heavy atom. The molecule has 0 spiro atoms. The summed E-state index contributed by atoms with van der Waals surface area (Å²) in [7, 11) is 0. The molecule has 3 N–H and O–H groups in total. The number of anilines is 1. The van der Waals surface area contributed by atoms with Gasteiger partial charge in [0.1, 0.15) is 22.3 Å². The number of fused-ring (bicyclic) bond motifs is 3. The van der Waals surface area contributed by atoms with Gasteiger partial charge in [-0.1, -0.05) is 59.6 Å². The van der Waals surface area contributed by atoms with E-state index in [2.05, 4.69) is 10.2 Å². The summed E-state index contributed by atoms with van der Waals surface area (Å²) in [5, 5.41) is 15.2. The number of pyridine rings is 1.